The lowest BCUT2D eigenvalue weighted by atomic mass is 9.73. The molecular formula is C30H27NO3. The van der Waals surface area contributed by atoms with Crippen molar-refractivity contribution in [3.8, 4) is 5.75 Å². The highest BCUT2D eigenvalue weighted by atomic mass is 16.5. The van der Waals surface area contributed by atoms with E-state index in [2.05, 4.69) is 24.3 Å². The van der Waals surface area contributed by atoms with Gasteiger partial charge in [-0.15, -0.1) is 0 Å². The molecule has 2 fully saturated rings. The molecule has 0 aromatic heterocycles. The predicted molar refractivity (Wildman–Crippen MR) is 133 cm³/mol. The summed E-state index contributed by atoms with van der Waals surface area (Å²) in [6.45, 7) is 2.59. The molecule has 2 bridgehead atoms. The van der Waals surface area contributed by atoms with Gasteiger partial charge in [-0.25, -0.2) is 4.90 Å². The molecule has 1 heterocycles. The van der Waals surface area contributed by atoms with Gasteiger partial charge in [-0.1, -0.05) is 79.7 Å². The third-order valence-electron chi connectivity index (χ3n) is 7.54. The predicted octanol–water partition coefficient (Wildman–Crippen LogP) is 5.84. The molecule has 170 valence electrons. The molecule has 4 nitrogen and oxygen atoms in total. The number of allylic oxidation sites excluding steroid dienone is 2. The maximum Gasteiger partial charge on any atom is 0.238 e. The molecule has 1 aliphatic heterocycles. The van der Waals surface area contributed by atoms with Gasteiger partial charge in [0.15, 0.2) is 0 Å². The van der Waals surface area contributed by atoms with Crippen molar-refractivity contribution >= 4 is 28.6 Å². The van der Waals surface area contributed by atoms with Gasteiger partial charge in [0.05, 0.1) is 24.1 Å². The summed E-state index contributed by atoms with van der Waals surface area (Å²) in [5.41, 5.74) is 5.34. The molecule has 0 spiro atoms. The van der Waals surface area contributed by atoms with E-state index in [4.69, 9.17) is 4.74 Å². The number of imide groups is 1. The summed E-state index contributed by atoms with van der Waals surface area (Å²) in [6.07, 6.45) is 1.71. The van der Waals surface area contributed by atoms with E-state index in [-0.39, 0.29) is 35.5 Å². The van der Waals surface area contributed by atoms with Crippen LogP contribution in [0.1, 0.15) is 30.9 Å². The van der Waals surface area contributed by atoms with Crippen LogP contribution in [0.3, 0.4) is 0 Å². The Morgan fingerprint density at radius 2 is 1.24 bits per heavy atom. The number of para-hydroxylation sites is 2. The molecule has 0 radical (unpaired) electrons. The van der Waals surface area contributed by atoms with Crippen LogP contribution in [0, 0.1) is 23.7 Å². The van der Waals surface area contributed by atoms with Gasteiger partial charge < -0.3 is 4.74 Å². The topological polar surface area (TPSA) is 46.6 Å². The minimum Gasteiger partial charge on any atom is -0.491 e. The van der Waals surface area contributed by atoms with Gasteiger partial charge in [0.2, 0.25) is 11.8 Å². The molecule has 34 heavy (non-hydrogen) atoms. The SMILES string of the molecule is CCCOc1ccccc1N1C(=O)[C@@H]2[C@@H](C1=O)[C@@H]1C[C@@H]2C(c2ccccc2)=C1c1ccccc1. The van der Waals surface area contributed by atoms with E-state index in [0.29, 0.717) is 18.0 Å². The van der Waals surface area contributed by atoms with Crippen LogP contribution in [-0.4, -0.2) is 18.4 Å². The summed E-state index contributed by atoms with van der Waals surface area (Å²) < 4.78 is 5.91. The fraction of sp³-hybridized carbons (Fsp3) is 0.267. The van der Waals surface area contributed by atoms with E-state index >= 15 is 0 Å². The standard InChI is InChI=1S/C30H27NO3/c1-2-17-34-24-16-10-9-15-23(24)31-29(32)27-21-18-22(28(27)30(31)33)26(20-13-7-4-8-14-20)25(21)19-11-5-3-6-12-19/h3-16,21-22,27-28H,2,17-18H2,1H3/t21-,22-,27+,28+/m1/s1. The molecule has 1 saturated heterocycles. The molecule has 6 rings (SSSR count). The largest absolute Gasteiger partial charge is 0.491 e. The monoisotopic (exact) mass is 449 g/mol. The number of rotatable bonds is 6. The van der Waals surface area contributed by atoms with Gasteiger partial charge in [-0.05, 0) is 59.1 Å². The van der Waals surface area contributed by atoms with Crippen molar-refractivity contribution in [2.75, 3.05) is 11.5 Å². The molecule has 4 atom stereocenters. The first-order chi connectivity index (χ1) is 16.7. The molecule has 4 heteroatoms. The van der Waals surface area contributed by atoms with Crippen molar-refractivity contribution in [1.29, 1.82) is 0 Å². The van der Waals surface area contributed by atoms with Crippen LogP contribution in [0.25, 0.3) is 11.1 Å². The van der Waals surface area contributed by atoms with E-state index in [1.54, 1.807) is 0 Å². The smallest absolute Gasteiger partial charge is 0.238 e. The zero-order chi connectivity index (χ0) is 23.2. The summed E-state index contributed by atoms with van der Waals surface area (Å²) in [7, 11) is 0. The van der Waals surface area contributed by atoms with Crippen molar-refractivity contribution in [3.63, 3.8) is 0 Å². The zero-order valence-electron chi connectivity index (χ0n) is 19.2. The fourth-order valence-corrected chi connectivity index (χ4v) is 6.31. The van der Waals surface area contributed by atoms with Gasteiger partial charge in [0.1, 0.15) is 5.75 Å². The Balaban J connectivity index is 1.45. The fourth-order valence-electron chi connectivity index (χ4n) is 6.31. The second-order valence-corrected chi connectivity index (χ2v) is 9.39. The summed E-state index contributed by atoms with van der Waals surface area (Å²) >= 11 is 0. The van der Waals surface area contributed by atoms with Crippen molar-refractivity contribution in [3.05, 3.63) is 96.1 Å². The van der Waals surface area contributed by atoms with Crippen molar-refractivity contribution < 1.29 is 14.3 Å². The van der Waals surface area contributed by atoms with Crippen molar-refractivity contribution in [1.82, 2.24) is 0 Å². The number of benzene rings is 3. The average molecular weight is 450 g/mol. The summed E-state index contributed by atoms with van der Waals surface area (Å²) in [6, 6.07) is 28.1. The first-order valence-corrected chi connectivity index (χ1v) is 12.1. The third-order valence-corrected chi connectivity index (χ3v) is 7.54. The molecule has 3 aromatic rings. The van der Waals surface area contributed by atoms with Crippen LogP contribution >= 0.6 is 0 Å². The Hall–Kier alpha value is -3.66. The Morgan fingerprint density at radius 1 is 0.735 bits per heavy atom. The highest BCUT2D eigenvalue weighted by Crippen LogP contribution is 2.64. The summed E-state index contributed by atoms with van der Waals surface area (Å²) in [5.74, 6) is -0.140. The second-order valence-electron chi connectivity index (χ2n) is 9.39. The molecular weight excluding hydrogens is 422 g/mol. The lowest BCUT2D eigenvalue weighted by Crippen LogP contribution is -2.33. The van der Waals surface area contributed by atoms with E-state index in [1.165, 1.54) is 16.0 Å². The molecule has 3 aliphatic rings. The minimum atomic E-state index is -0.320. The highest BCUT2D eigenvalue weighted by molar-refractivity contribution is 6.25. The lowest BCUT2D eigenvalue weighted by molar-refractivity contribution is -0.123. The second kappa shape index (κ2) is 8.28. The lowest BCUT2D eigenvalue weighted by Gasteiger charge is -2.27. The Labute approximate surface area is 199 Å². The maximum atomic E-state index is 13.9. The molecule has 0 unspecified atom stereocenters. The van der Waals surface area contributed by atoms with Crippen LogP contribution in [0.4, 0.5) is 5.69 Å². The first-order valence-electron chi connectivity index (χ1n) is 12.1. The number of ether oxygens (including phenoxy) is 1. The number of fused-ring (bicyclic) bond motifs is 5. The minimum absolute atomic E-state index is 0.0396. The van der Waals surface area contributed by atoms with Gasteiger partial charge in [0.25, 0.3) is 0 Å². The van der Waals surface area contributed by atoms with Gasteiger partial charge >= 0.3 is 0 Å². The maximum absolute atomic E-state index is 13.9. The Morgan fingerprint density at radius 3 is 1.76 bits per heavy atom. The van der Waals surface area contributed by atoms with E-state index in [0.717, 1.165) is 24.0 Å². The van der Waals surface area contributed by atoms with Gasteiger partial charge in [0, 0.05) is 0 Å². The van der Waals surface area contributed by atoms with E-state index in [9.17, 15) is 9.59 Å². The molecule has 2 aliphatic carbocycles. The van der Waals surface area contributed by atoms with Crippen LogP contribution in [0.15, 0.2) is 84.9 Å². The van der Waals surface area contributed by atoms with Gasteiger partial charge in [-0.2, -0.15) is 0 Å². The molecule has 2 amide bonds. The quantitative estimate of drug-likeness (QED) is 0.444. The Bertz CT molecular complexity index is 1210. The zero-order valence-corrected chi connectivity index (χ0v) is 19.2. The Kier molecular flexibility index (Phi) is 5.09. The van der Waals surface area contributed by atoms with Crippen LogP contribution in [0.2, 0.25) is 0 Å². The highest BCUT2D eigenvalue weighted by Gasteiger charge is 2.64. The van der Waals surface area contributed by atoms with Gasteiger partial charge in [-0.3, -0.25) is 9.59 Å². The third kappa shape index (κ3) is 3.05. The normalized spacial score (nSPS) is 25.3. The van der Waals surface area contributed by atoms with Crippen molar-refractivity contribution in [2.45, 2.75) is 19.8 Å². The molecule has 3 aromatic carbocycles. The number of carbonyl (C=O) groups excluding carboxylic acids is 2. The summed E-state index contributed by atoms with van der Waals surface area (Å²) in [4.78, 5) is 29.1. The van der Waals surface area contributed by atoms with Crippen LogP contribution in [0.5, 0.6) is 5.75 Å². The molecule has 0 N–H and O–H groups in total. The number of hydrogen-bond acceptors (Lipinski definition) is 3. The van der Waals surface area contributed by atoms with Crippen LogP contribution in [-0.2, 0) is 9.59 Å². The van der Waals surface area contributed by atoms with Crippen molar-refractivity contribution in [2.24, 2.45) is 23.7 Å². The number of nitrogens with zero attached hydrogens (tertiary/aromatic N) is 1. The number of carbonyl (C=O) groups is 2. The number of hydrogen-bond donors (Lipinski definition) is 0. The summed E-state index contributed by atoms with van der Waals surface area (Å²) in [5, 5.41) is 0. The number of amides is 2. The van der Waals surface area contributed by atoms with E-state index in [1.807, 2.05) is 67.6 Å². The number of anilines is 1. The molecule has 1 saturated carbocycles. The first kappa shape index (κ1) is 20.9. The average Bonchev–Trinajstić information content (AvgIpc) is 3.53. The van der Waals surface area contributed by atoms with Crippen LogP contribution < -0.4 is 9.64 Å². The van der Waals surface area contributed by atoms with E-state index < -0.39 is 0 Å².